The van der Waals surface area contributed by atoms with Crippen LogP contribution < -0.4 is 5.73 Å². The second kappa shape index (κ2) is 5.49. The number of nitrogens with zero attached hydrogens (tertiary/aromatic N) is 4. The fraction of sp³-hybridized carbons (Fsp3) is 0.0714. The monoisotopic (exact) mass is 303 g/mol. The lowest BCUT2D eigenvalue weighted by Crippen LogP contribution is -2.05. The molecule has 0 saturated heterocycles. The third-order valence-corrected chi connectivity index (χ3v) is 3.31. The van der Waals surface area contributed by atoms with E-state index in [0.29, 0.717) is 28.6 Å². The summed E-state index contributed by atoms with van der Waals surface area (Å²) in [6.45, 7) is 0.339. The minimum absolute atomic E-state index is 0.302. The molecule has 0 aliphatic heterocycles. The van der Waals surface area contributed by atoms with Gasteiger partial charge in [0.05, 0.1) is 11.6 Å². The van der Waals surface area contributed by atoms with E-state index in [2.05, 4.69) is 15.5 Å². The Bertz CT molecular complexity index is 787. The van der Waals surface area contributed by atoms with Crippen molar-refractivity contribution in [1.82, 2.24) is 20.2 Å². The van der Waals surface area contributed by atoms with Gasteiger partial charge in [0.15, 0.2) is 5.82 Å². The standard InChI is InChI=1S/C14H11ClFN5/c15-13-5-4-11(17)7-12(13)14-18-19-20-21(14)8-9-2-1-3-10(16)6-9/h1-7H,8,17H2. The molecule has 0 unspecified atom stereocenters. The molecule has 3 rings (SSSR count). The van der Waals surface area contributed by atoms with Gasteiger partial charge in [-0.3, -0.25) is 0 Å². The van der Waals surface area contributed by atoms with Crippen molar-refractivity contribution in [1.29, 1.82) is 0 Å². The quantitative estimate of drug-likeness (QED) is 0.755. The summed E-state index contributed by atoms with van der Waals surface area (Å²) in [6, 6.07) is 11.4. The molecule has 1 aromatic heterocycles. The van der Waals surface area contributed by atoms with Gasteiger partial charge < -0.3 is 5.73 Å². The molecule has 0 aliphatic carbocycles. The zero-order chi connectivity index (χ0) is 14.8. The smallest absolute Gasteiger partial charge is 0.183 e. The molecule has 1 heterocycles. The van der Waals surface area contributed by atoms with Crippen molar-refractivity contribution < 1.29 is 4.39 Å². The van der Waals surface area contributed by atoms with Crippen molar-refractivity contribution >= 4 is 17.3 Å². The molecule has 21 heavy (non-hydrogen) atoms. The summed E-state index contributed by atoms with van der Waals surface area (Å²) in [4.78, 5) is 0. The van der Waals surface area contributed by atoms with E-state index in [0.717, 1.165) is 5.56 Å². The van der Waals surface area contributed by atoms with E-state index in [4.69, 9.17) is 17.3 Å². The summed E-state index contributed by atoms with van der Waals surface area (Å²) in [5.41, 5.74) is 7.72. The molecular formula is C14H11ClFN5. The van der Waals surface area contributed by atoms with Crippen molar-refractivity contribution in [3.05, 3.63) is 58.9 Å². The summed E-state index contributed by atoms with van der Waals surface area (Å²) < 4.78 is 14.8. The largest absolute Gasteiger partial charge is 0.399 e. The van der Waals surface area contributed by atoms with Crippen LogP contribution in [0.5, 0.6) is 0 Å². The zero-order valence-corrected chi connectivity index (χ0v) is 11.6. The normalized spacial score (nSPS) is 10.8. The SMILES string of the molecule is Nc1ccc(Cl)c(-c2nnnn2Cc2cccc(F)c2)c1. The summed E-state index contributed by atoms with van der Waals surface area (Å²) in [6.07, 6.45) is 0. The highest BCUT2D eigenvalue weighted by Crippen LogP contribution is 2.28. The number of nitrogen functional groups attached to an aromatic ring is 1. The van der Waals surface area contributed by atoms with Gasteiger partial charge in [-0.2, -0.15) is 0 Å². The lowest BCUT2D eigenvalue weighted by molar-refractivity contribution is 0.615. The van der Waals surface area contributed by atoms with Gasteiger partial charge in [0, 0.05) is 11.3 Å². The van der Waals surface area contributed by atoms with Crippen molar-refractivity contribution in [3.63, 3.8) is 0 Å². The molecule has 0 atom stereocenters. The Hall–Kier alpha value is -2.47. The van der Waals surface area contributed by atoms with Crippen molar-refractivity contribution in [3.8, 4) is 11.4 Å². The molecule has 0 radical (unpaired) electrons. The maximum absolute atomic E-state index is 13.2. The van der Waals surface area contributed by atoms with E-state index in [1.165, 1.54) is 12.1 Å². The highest BCUT2D eigenvalue weighted by molar-refractivity contribution is 6.33. The topological polar surface area (TPSA) is 69.6 Å². The third-order valence-electron chi connectivity index (χ3n) is 2.98. The van der Waals surface area contributed by atoms with Gasteiger partial charge in [-0.25, -0.2) is 9.07 Å². The number of halogens is 2. The van der Waals surface area contributed by atoms with Crippen molar-refractivity contribution in [2.24, 2.45) is 0 Å². The van der Waals surface area contributed by atoms with Crippen LogP contribution in [0.25, 0.3) is 11.4 Å². The van der Waals surface area contributed by atoms with Crippen LogP contribution in [0.4, 0.5) is 10.1 Å². The van der Waals surface area contributed by atoms with E-state index < -0.39 is 0 Å². The number of benzene rings is 2. The Balaban J connectivity index is 1.99. The molecular weight excluding hydrogens is 293 g/mol. The van der Waals surface area contributed by atoms with Gasteiger partial charge in [0.1, 0.15) is 5.82 Å². The Morgan fingerprint density at radius 1 is 1.19 bits per heavy atom. The first-order chi connectivity index (χ1) is 10.1. The molecule has 5 nitrogen and oxygen atoms in total. The number of rotatable bonds is 3. The van der Waals surface area contributed by atoms with E-state index >= 15 is 0 Å². The first kappa shape index (κ1) is 13.5. The highest BCUT2D eigenvalue weighted by Gasteiger charge is 2.13. The molecule has 0 fully saturated rings. The maximum Gasteiger partial charge on any atom is 0.183 e. The first-order valence-electron chi connectivity index (χ1n) is 6.19. The number of aromatic nitrogens is 4. The number of hydrogen-bond donors (Lipinski definition) is 1. The molecule has 0 spiro atoms. The number of anilines is 1. The van der Waals surface area contributed by atoms with Gasteiger partial charge in [-0.1, -0.05) is 23.7 Å². The first-order valence-corrected chi connectivity index (χ1v) is 6.57. The average molecular weight is 304 g/mol. The predicted molar refractivity (Wildman–Crippen MR) is 78.2 cm³/mol. The molecule has 0 bridgehead atoms. The molecule has 7 heteroatoms. The van der Waals surface area contributed by atoms with Crippen LogP contribution in [-0.2, 0) is 6.54 Å². The predicted octanol–water partition coefficient (Wildman–Crippen LogP) is 2.76. The molecule has 3 aromatic rings. The molecule has 0 amide bonds. The van der Waals surface area contributed by atoms with Gasteiger partial charge in [0.25, 0.3) is 0 Å². The van der Waals surface area contributed by atoms with E-state index in [1.807, 2.05) is 0 Å². The molecule has 0 aliphatic rings. The van der Waals surface area contributed by atoms with Crippen molar-refractivity contribution in [2.75, 3.05) is 5.73 Å². The summed E-state index contributed by atoms with van der Waals surface area (Å²) in [5.74, 6) is 0.181. The van der Waals surface area contributed by atoms with Gasteiger partial charge in [-0.15, -0.1) is 5.10 Å². The molecule has 0 saturated carbocycles. The average Bonchev–Trinajstić information content (AvgIpc) is 2.89. The summed E-state index contributed by atoms with van der Waals surface area (Å²) >= 11 is 6.16. The van der Waals surface area contributed by atoms with Crippen LogP contribution in [0, 0.1) is 5.82 Å². The number of hydrogen-bond acceptors (Lipinski definition) is 4. The van der Waals surface area contributed by atoms with Gasteiger partial charge in [0.2, 0.25) is 0 Å². The Kier molecular flexibility index (Phi) is 3.53. The maximum atomic E-state index is 13.2. The number of nitrogens with two attached hydrogens (primary N) is 1. The van der Waals surface area contributed by atoms with E-state index in [9.17, 15) is 4.39 Å². The highest BCUT2D eigenvalue weighted by atomic mass is 35.5. The van der Waals surface area contributed by atoms with Crippen LogP contribution in [0.2, 0.25) is 5.02 Å². The lowest BCUT2D eigenvalue weighted by atomic mass is 10.1. The Morgan fingerprint density at radius 2 is 2.05 bits per heavy atom. The minimum atomic E-state index is -0.302. The third kappa shape index (κ3) is 2.85. The second-order valence-corrected chi connectivity index (χ2v) is 4.94. The van der Waals surface area contributed by atoms with Crippen LogP contribution >= 0.6 is 11.6 Å². The van der Waals surface area contributed by atoms with Gasteiger partial charge in [-0.05, 0) is 46.3 Å². The summed E-state index contributed by atoms with van der Waals surface area (Å²) in [5, 5.41) is 12.1. The second-order valence-electron chi connectivity index (χ2n) is 4.53. The van der Waals surface area contributed by atoms with Crippen molar-refractivity contribution in [2.45, 2.75) is 6.54 Å². The van der Waals surface area contributed by atoms with Crippen LogP contribution in [0.3, 0.4) is 0 Å². The van der Waals surface area contributed by atoms with Crippen LogP contribution in [0.15, 0.2) is 42.5 Å². The molecule has 2 aromatic carbocycles. The number of tetrazole rings is 1. The fourth-order valence-electron chi connectivity index (χ4n) is 2.03. The van der Waals surface area contributed by atoms with Gasteiger partial charge >= 0.3 is 0 Å². The fourth-order valence-corrected chi connectivity index (χ4v) is 2.23. The molecule has 2 N–H and O–H groups in total. The molecule has 106 valence electrons. The Morgan fingerprint density at radius 3 is 2.86 bits per heavy atom. The Labute approximate surface area is 125 Å². The van der Waals surface area contributed by atoms with E-state index in [1.54, 1.807) is 35.0 Å². The van der Waals surface area contributed by atoms with Crippen LogP contribution in [-0.4, -0.2) is 20.2 Å². The zero-order valence-electron chi connectivity index (χ0n) is 10.9. The van der Waals surface area contributed by atoms with Crippen LogP contribution in [0.1, 0.15) is 5.56 Å². The van der Waals surface area contributed by atoms with E-state index in [-0.39, 0.29) is 5.82 Å². The minimum Gasteiger partial charge on any atom is -0.399 e. The summed E-state index contributed by atoms with van der Waals surface area (Å²) in [7, 11) is 0. The lowest BCUT2D eigenvalue weighted by Gasteiger charge is -2.07.